The predicted molar refractivity (Wildman–Crippen MR) is 75.7 cm³/mol. The molecule has 19 heavy (non-hydrogen) atoms. The molecule has 3 rings (SSSR count). The second kappa shape index (κ2) is 4.99. The molecule has 1 aromatic carbocycles. The van der Waals surface area contributed by atoms with Crippen molar-refractivity contribution >= 4 is 5.78 Å². The number of aryl methyl sites for hydroxylation is 1. The lowest BCUT2D eigenvalue weighted by atomic mass is 9.82. The van der Waals surface area contributed by atoms with Gasteiger partial charge in [-0.25, -0.2) is 0 Å². The maximum absolute atomic E-state index is 11.6. The summed E-state index contributed by atoms with van der Waals surface area (Å²) in [5, 5.41) is 0. The highest BCUT2D eigenvalue weighted by Gasteiger charge is 2.26. The summed E-state index contributed by atoms with van der Waals surface area (Å²) in [6.45, 7) is 4.63. The summed E-state index contributed by atoms with van der Waals surface area (Å²) in [5.74, 6) is 2.73. The van der Waals surface area contributed by atoms with Crippen LogP contribution in [0.15, 0.2) is 18.2 Å². The molecule has 1 fully saturated rings. The summed E-state index contributed by atoms with van der Waals surface area (Å²) in [5.41, 5.74) is 2.07. The van der Waals surface area contributed by atoms with E-state index < -0.39 is 0 Å². The molecule has 1 saturated carbocycles. The summed E-state index contributed by atoms with van der Waals surface area (Å²) >= 11 is 0. The van der Waals surface area contributed by atoms with Crippen molar-refractivity contribution in [3.8, 4) is 5.75 Å². The molecule has 2 heteroatoms. The number of ketones is 1. The van der Waals surface area contributed by atoms with Gasteiger partial charge < -0.3 is 4.74 Å². The molecule has 0 bridgehead atoms. The largest absolute Gasteiger partial charge is 0.490 e. The van der Waals surface area contributed by atoms with E-state index >= 15 is 0 Å². The molecule has 1 aromatic rings. The van der Waals surface area contributed by atoms with Gasteiger partial charge in [0.2, 0.25) is 0 Å². The van der Waals surface area contributed by atoms with E-state index in [0.29, 0.717) is 12.5 Å². The van der Waals surface area contributed by atoms with E-state index in [0.717, 1.165) is 42.4 Å². The first-order valence-electron chi connectivity index (χ1n) is 7.44. The van der Waals surface area contributed by atoms with E-state index in [9.17, 15) is 4.79 Å². The highest BCUT2D eigenvalue weighted by atomic mass is 16.5. The zero-order valence-corrected chi connectivity index (χ0v) is 11.8. The third-order valence-corrected chi connectivity index (χ3v) is 4.44. The molecule has 0 heterocycles. The molecule has 2 atom stereocenters. The molecular formula is C17H22O2. The zero-order chi connectivity index (χ0) is 13.4. The lowest BCUT2D eigenvalue weighted by Crippen LogP contribution is -2.28. The van der Waals surface area contributed by atoms with Gasteiger partial charge in [-0.15, -0.1) is 0 Å². The van der Waals surface area contributed by atoms with E-state index in [1.807, 2.05) is 12.1 Å². The number of ether oxygens (including phenoxy) is 1. The van der Waals surface area contributed by atoms with Crippen LogP contribution in [0.2, 0.25) is 0 Å². The highest BCUT2D eigenvalue weighted by molar-refractivity contribution is 6.00. The van der Waals surface area contributed by atoms with Gasteiger partial charge in [0.05, 0.1) is 6.10 Å². The van der Waals surface area contributed by atoms with Gasteiger partial charge in [-0.1, -0.05) is 13.8 Å². The predicted octanol–water partition coefficient (Wildman–Crippen LogP) is 4.02. The van der Waals surface area contributed by atoms with E-state index in [2.05, 4.69) is 19.9 Å². The van der Waals surface area contributed by atoms with E-state index in [4.69, 9.17) is 4.74 Å². The van der Waals surface area contributed by atoms with E-state index in [-0.39, 0.29) is 5.78 Å². The fourth-order valence-corrected chi connectivity index (χ4v) is 3.67. The Morgan fingerprint density at radius 3 is 2.53 bits per heavy atom. The minimum absolute atomic E-state index is 0.279. The van der Waals surface area contributed by atoms with Crippen molar-refractivity contribution in [1.29, 1.82) is 0 Å². The number of carbonyl (C=O) groups excluding carboxylic acids is 1. The monoisotopic (exact) mass is 258 g/mol. The molecular weight excluding hydrogens is 236 g/mol. The van der Waals surface area contributed by atoms with Crippen molar-refractivity contribution < 1.29 is 9.53 Å². The van der Waals surface area contributed by atoms with Crippen LogP contribution in [0.3, 0.4) is 0 Å². The molecule has 0 aromatic heterocycles. The fourth-order valence-electron chi connectivity index (χ4n) is 3.67. The SMILES string of the molecule is CC1CC(C)CC(Oc2ccc3c(c2)CCC3=O)C1. The van der Waals surface area contributed by atoms with Gasteiger partial charge in [-0.05, 0) is 61.3 Å². The summed E-state index contributed by atoms with van der Waals surface area (Å²) in [6, 6.07) is 5.98. The van der Waals surface area contributed by atoms with Crippen molar-refractivity contribution in [2.45, 2.75) is 52.1 Å². The van der Waals surface area contributed by atoms with Crippen LogP contribution in [-0.2, 0) is 6.42 Å². The number of Topliss-reactive ketones (excluding diaryl/α,β-unsaturated/α-hetero) is 1. The Labute approximate surface area is 115 Å². The second-order valence-electron chi connectivity index (χ2n) is 6.40. The molecule has 2 nitrogen and oxygen atoms in total. The second-order valence-corrected chi connectivity index (χ2v) is 6.40. The number of hydrogen-bond donors (Lipinski definition) is 0. The Bertz CT molecular complexity index is 482. The standard InChI is InChI=1S/C17H22O2/c1-11-7-12(2)9-15(8-11)19-14-4-5-16-13(10-14)3-6-17(16)18/h4-5,10-12,15H,3,6-9H2,1-2H3. The van der Waals surface area contributed by atoms with Crippen molar-refractivity contribution in [3.05, 3.63) is 29.3 Å². The molecule has 0 aliphatic heterocycles. The third kappa shape index (κ3) is 2.68. The lowest BCUT2D eigenvalue weighted by Gasteiger charge is -2.31. The van der Waals surface area contributed by atoms with Crippen LogP contribution in [-0.4, -0.2) is 11.9 Å². The molecule has 2 unspecified atom stereocenters. The summed E-state index contributed by atoms with van der Waals surface area (Å²) in [7, 11) is 0. The Morgan fingerprint density at radius 2 is 1.79 bits per heavy atom. The zero-order valence-electron chi connectivity index (χ0n) is 11.8. The highest BCUT2D eigenvalue weighted by Crippen LogP contribution is 2.32. The molecule has 0 saturated heterocycles. The van der Waals surface area contributed by atoms with Crippen LogP contribution in [0, 0.1) is 11.8 Å². The Morgan fingerprint density at radius 1 is 1.05 bits per heavy atom. The van der Waals surface area contributed by atoms with Crippen LogP contribution >= 0.6 is 0 Å². The summed E-state index contributed by atoms with van der Waals surface area (Å²) in [4.78, 5) is 11.6. The minimum Gasteiger partial charge on any atom is -0.490 e. The first-order valence-corrected chi connectivity index (χ1v) is 7.44. The van der Waals surface area contributed by atoms with Gasteiger partial charge in [0, 0.05) is 12.0 Å². The van der Waals surface area contributed by atoms with Crippen molar-refractivity contribution in [2.75, 3.05) is 0 Å². The Balaban J connectivity index is 1.72. The van der Waals surface area contributed by atoms with Crippen LogP contribution in [0.4, 0.5) is 0 Å². The minimum atomic E-state index is 0.279. The van der Waals surface area contributed by atoms with Gasteiger partial charge in [-0.3, -0.25) is 4.79 Å². The molecule has 102 valence electrons. The number of rotatable bonds is 2. The molecule has 2 aliphatic rings. The third-order valence-electron chi connectivity index (χ3n) is 4.44. The average Bonchev–Trinajstić information content (AvgIpc) is 2.69. The van der Waals surface area contributed by atoms with Crippen molar-refractivity contribution in [1.82, 2.24) is 0 Å². The van der Waals surface area contributed by atoms with Gasteiger partial charge in [0.1, 0.15) is 5.75 Å². The Kier molecular flexibility index (Phi) is 3.34. The normalized spacial score (nSPS) is 30.2. The van der Waals surface area contributed by atoms with Crippen LogP contribution in [0.25, 0.3) is 0 Å². The summed E-state index contributed by atoms with van der Waals surface area (Å²) in [6.07, 6.45) is 5.51. The maximum atomic E-state index is 11.6. The maximum Gasteiger partial charge on any atom is 0.163 e. The van der Waals surface area contributed by atoms with E-state index in [1.54, 1.807) is 0 Å². The molecule has 0 radical (unpaired) electrons. The molecule has 2 aliphatic carbocycles. The average molecular weight is 258 g/mol. The quantitative estimate of drug-likeness (QED) is 0.801. The van der Waals surface area contributed by atoms with Crippen LogP contribution < -0.4 is 4.74 Å². The van der Waals surface area contributed by atoms with Gasteiger partial charge in [-0.2, -0.15) is 0 Å². The van der Waals surface area contributed by atoms with Gasteiger partial charge in [0.15, 0.2) is 5.78 Å². The molecule has 0 N–H and O–H groups in total. The Hall–Kier alpha value is -1.31. The fraction of sp³-hybridized carbons (Fsp3) is 0.588. The number of fused-ring (bicyclic) bond motifs is 1. The number of carbonyl (C=O) groups is 1. The smallest absolute Gasteiger partial charge is 0.163 e. The van der Waals surface area contributed by atoms with Crippen molar-refractivity contribution in [2.24, 2.45) is 11.8 Å². The summed E-state index contributed by atoms with van der Waals surface area (Å²) < 4.78 is 6.15. The van der Waals surface area contributed by atoms with Crippen LogP contribution in [0.5, 0.6) is 5.75 Å². The molecule has 0 spiro atoms. The van der Waals surface area contributed by atoms with Crippen molar-refractivity contribution in [3.63, 3.8) is 0 Å². The van der Waals surface area contributed by atoms with Gasteiger partial charge >= 0.3 is 0 Å². The van der Waals surface area contributed by atoms with E-state index in [1.165, 1.54) is 12.0 Å². The van der Waals surface area contributed by atoms with Crippen LogP contribution in [0.1, 0.15) is 55.5 Å². The number of hydrogen-bond acceptors (Lipinski definition) is 2. The first-order chi connectivity index (χ1) is 9.11. The number of benzene rings is 1. The molecule has 0 amide bonds. The topological polar surface area (TPSA) is 26.3 Å². The lowest BCUT2D eigenvalue weighted by molar-refractivity contribution is 0.0994. The first kappa shape index (κ1) is 12.7. The van der Waals surface area contributed by atoms with Gasteiger partial charge in [0.25, 0.3) is 0 Å².